The molecule has 0 aliphatic heterocycles. The maximum Gasteiger partial charge on any atom is 0.276 e. The summed E-state index contributed by atoms with van der Waals surface area (Å²) in [6.45, 7) is 0.242. The van der Waals surface area contributed by atoms with Crippen LogP contribution in [-0.4, -0.2) is 15.2 Å². The molecule has 0 atom stereocenters. The standard InChI is InChI=1S/C13H11ClN4OS/c14-12-9(5-8-3-1-2-4-10(8)16-12)7-20-13-18-17-11(6-15)19-13/h1-5H,6-7,15H2. The van der Waals surface area contributed by atoms with Gasteiger partial charge in [0.25, 0.3) is 5.22 Å². The van der Waals surface area contributed by atoms with Gasteiger partial charge in [0.05, 0.1) is 12.1 Å². The molecule has 2 aromatic heterocycles. The van der Waals surface area contributed by atoms with Crippen LogP contribution in [0.2, 0.25) is 5.15 Å². The Morgan fingerprint density at radius 3 is 2.90 bits per heavy atom. The van der Waals surface area contributed by atoms with Crippen LogP contribution in [-0.2, 0) is 12.3 Å². The topological polar surface area (TPSA) is 77.8 Å². The van der Waals surface area contributed by atoms with E-state index in [0.717, 1.165) is 16.5 Å². The lowest BCUT2D eigenvalue weighted by molar-refractivity contribution is 0.415. The summed E-state index contributed by atoms with van der Waals surface area (Å²) in [6, 6.07) is 9.88. The molecular formula is C13H11ClN4OS. The zero-order chi connectivity index (χ0) is 13.9. The Morgan fingerprint density at radius 2 is 2.10 bits per heavy atom. The van der Waals surface area contributed by atoms with Crippen LogP contribution in [0.1, 0.15) is 11.5 Å². The predicted molar refractivity (Wildman–Crippen MR) is 78.5 cm³/mol. The van der Waals surface area contributed by atoms with Gasteiger partial charge in [-0.3, -0.25) is 0 Å². The smallest absolute Gasteiger partial charge is 0.276 e. The molecule has 2 heterocycles. The van der Waals surface area contributed by atoms with Crippen LogP contribution in [0, 0.1) is 0 Å². The molecule has 0 aliphatic carbocycles. The third-order valence-electron chi connectivity index (χ3n) is 2.72. The summed E-state index contributed by atoms with van der Waals surface area (Å²) in [6.07, 6.45) is 0. The minimum absolute atomic E-state index is 0.242. The number of nitrogens with zero attached hydrogens (tertiary/aromatic N) is 3. The van der Waals surface area contributed by atoms with E-state index in [1.54, 1.807) is 0 Å². The average Bonchev–Trinajstić information content (AvgIpc) is 2.93. The van der Waals surface area contributed by atoms with E-state index in [1.807, 2.05) is 30.3 Å². The Kier molecular flexibility index (Phi) is 3.86. The quantitative estimate of drug-likeness (QED) is 0.589. The number of thioether (sulfide) groups is 1. The van der Waals surface area contributed by atoms with Crippen LogP contribution in [0.3, 0.4) is 0 Å². The summed E-state index contributed by atoms with van der Waals surface area (Å²) in [5.74, 6) is 1.04. The molecule has 0 fully saturated rings. The minimum Gasteiger partial charge on any atom is -0.415 e. The van der Waals surface area contributed by atoms with Crippen LogP contribution in [0.4, 0.5) is 0 Å². The lowest BCUT2D eigenvalue weighted by atomic mass is 10.2. The van der Waals surface area contributed by atoms with Crippen molar-refractivity contribution in [1.82, 2.24) is 15.2 Å². The van der Waals surface area contributed by atoms with Gasteiger partial charge in [0.2, 0.25) is 5.89 Å². The lowest BCUT2D eigenvalue weighted by Crippen LogP contribution is -1.95. The second kappa shape index (κ2) is 5.78. The Morgan fingerprint density at radius 1 is 1.25 bits per heavy atom. The van der Waals surface area contributed by atoms with Gasteiger partial charge in [-0.25, -0.2) is 4.98 Å². The molecule has 0 saturated carbocycles. The first-order valence-electron chi connectivity index (χ1n) is 5.95. The van der Waals surface area contributed by atoms with E-state index in [0.29, 0.717) is 22.0 Å². The number of hydrogen-bond acceptors (Lipinski definition) is 6. The zero-order valence-corrected chi connectivity index (χ0v) is 12.0. The minimum atomic E-state index is 0.242. The van der Waals surface area contributed by atoms with Crippen molar-refractivity contribution in [3.63, 3.8) is 0 Å². The number of pyridine rings is 1. The lowest BCUT2D eigenvalue weighted by Gasteiger charge is -2.04. The molecule has 0 spiro atoms. The highest BCUT2D eigenvalue weighted by Gasteiger charge is 2.09. The van der Waals surface area contributed by atoms with Crippen molar-refractivity contribution < 1.29 is 4.42 Å². The molecule has 0 saturated heterocycles. The number of para-hydroxylation sites is 1. The third kappa shape index (κ3) is 2.77. The number of fused-ring (bicyclic) bond motifs is 1. The molecule has 0 aliphatic rings. The molecule has 1 aromatic carbocycles. The summed E-state index contributed by atoms with van der Waals surface area (Å²) in [7, 11) is 0. The van der Waals surface area contributed by atoms with Crippen molar-refractivity contribution in [3.05, 3.63) is 46.9 Å². The van der Waals surface area contributed by atoms with Gasteiger partial charge in [0.1, 0.15) is 5.15 Å². The molecule has 0 bridgehead atoms. The highest BCUT2D eigenvalue weighted by Crippen LogP contribution is 2.27. The fourth-order valence-electron chi connectivity index (χ4n) is 1.76. The first-order chi connectivity index (χ1) is 9.76. The summed E-state index contributed by atoms with van der Waals surface area (Å²) in [5, 5.41) is 9.74. The molecular weight excluding hydrogens is 296 g/mol. The first-order valence-corrected chi connectivity index (χ1v) is 7.32. The number of nitrogens with two attached hydrogens (primary N) is 1. The normalized spacial score (nSPS) is 11.1. The van der Waals surface area contributed by atoms with Gasteiger partial charge < -0.3 is 10.2 Å². The van der Waals surface area contributed by atoms with E-state index in [4.69, 9.17) is 21.8 Å². The highest BCUT2D eigenvalue weighted by molar-refractivity contribution is 7.98. The highest BCUT2D eigenvalue weighted by atomic mass is 35.5. The number of aromatic nitrogens is 3. The summed E-state index contributed by atoms with van der Waals surface area (Å²) < 4.78 is 5.33. The van der Waals surface area contributed by atoms with Crippen molar-refractivity contribution in [2.75, 3.05) is 0 Å². The number of hydrogen-bond donors (Lipinski definition) is 1. The molecule has 7 heteroatoms. The van der Waals surface area contributed by atoms with E-state index in [1.165, 1.54) is 11.8 Å². The van der Waals surface area contributed by atoms with Crippen LogP contribution in [0.15, 0.2) is 40.0 Å². The molecule has 2 N–H and O–H groups in total. The summed E-state index contributed by atoms with van der Waals surface area (Å²) >= 11 is 7.60. The second-order valence-electron chi connectivity index (χ2n) is 4.09. The van der Waals surface area contributed by atoms with Crippen molar-refractivity contribution in [3.8, 4) is 0 Å². The van der Waals surface area contributed by atoms with Crippen molar-refractivity contribution in [2.45, 2.75) is 17.5 Å². The molecule has 0 unspecified atom stereocenters. The number of halogens is 1. The molecule has 0 radical (unpaired) electrons. The predicted octanol–water partition coefficient (Wildman–Crippen LogP) is 3.02. The Hall–Kier alpha value is -1.63. The van der Waals surface area contributed by atoms with Gasteiger partial charge in [0, 0.05) is 16.7 Å². The van der Waals surface area contributed by atoms with Gasteiger partial charge in [-0.1, -0.05) is 41.6 Å². The first kappa shape index (κ1) is 13.4. The SMILES string of the molecule is NCc1nnc(SCc2cc3ccccc3nc2Cl)o1. The van der Waals surface area contributed by atoms with E-state index >= 15 is 0 Å². The maximum atomic E-state index is 6.19. The molecule has 3 rings (SSSR count). The van der Waals surface area contributed by atoms with Crippen molar-refractivity contribution >= 4 is 34.3 Å². The van der Waals surface area contributed by atoms with Gasteiger partial charge >= 0.3 is 0 Å². The van der Waals surface area contributed by atoms with Crippen LogP contribution < -0.4 is 5.73 Å². The van der Waals surface area contributed by atoms with Crippen molar-refractivity contribution in [2.24, 2.45) is 5.73 Å². The second-order valence-corrected chi connectivity index (χ2v) is 5.37. The number of rotatable bonds is 4. The van der Waals surface area contributed by atoms with E-state index < -0.39 is 0 Å². The van der Waals surface area contributed by atoms with E-state index in [-0.39, 0.29) is 6.54 Å². The fraction of sp³-hybridized carbons (Fsp3) is 0.154. The molecule has 3 aromatic rings. The fourth-order valence-corrected chi connectivity index (χ4v) is 2.80. The Bertz CT molecular complexity index is 746. The molecule has 102 valence electrons. The monoisotopic (exact) mass is 306 g/mol. The largest absolute Gasteiger partial charge is 0.415 e. The zero-order valence-electron chi connectivity index (χ0n) is 10.4. The van der Waals surface area contributed by atoms with Gasteiger partial charge in [-0.05, 0) is 12.1 Å². The Balaban J connectivity index is 1.81. The Labute approximate surface area is 124 Å². The number of benzene rings is 1. The van der Waals surface area contributed by atoms with Crippen LogP contribution in [0.25, 0.3) is 10.9 Å². The van der Waals surface area contributed by atoms with Gasteiger partial charge in [-0.15, -0.1) is 10.2 Å². The molecule has 0 amide bonds. The molecule has 20 heavy (non-hydrogen) atoms. The molecule has 5 nitrogen and oxygen atoms in total. The summed E-state index contributed by atoms with van der Waals surface area (Å²) in [4.78, 5) is 4.37. The van der Waals surface area contributed by atoms with Gasteiger partial charge in [0.15, 0.2) is 0 Å². The van der Waals surface area contributed by atoms with E-state index in [9.17, 15) is 0 Å². The van der Waals surface area contributed by atoms with Gasteiger partial charge in [-0.2, -0.15) is 0 Å². The van der Waals surface area contributed by atoms with Crippen molar-refractivity contribution in [1.29, 1.82) is 0 Å². The van der Waals surface area contributed by atoms with E-state index in [2.05, 4.69) is 15.2 Å². The maximum absolute atomic E-state index is 6.19. The average molecular weight is 307 g/mol. The van der Waals surface area contributed by atoms with Crippen LogP contribution in [0.5, 0.6) is 0 Å². The summed E-state index contributed by atoms with van der Waals surface area (Å²) in [5.41, 5.74) is 7.24. The van der Waals surface area contributed by atoms with Crippen LogP contribution >= 0.6 is 23.4 Å². The third-order valence-corrected chi connectivity index (χ3v) is 3.92.